The number of H-pyrrole nitrogens is 1. The van der Waals surface area contributed by atoms with Crippen molar-refractivity contribution >= 4 is 11.9 Å². The molecule has 0 aliphatic rings. The SMILES string of the molecule is C=CC(=O)[O-].NC(Cc1c[nH]cn1)C(=O)O.[Ag+]. The van der Waals surface area contributed by atoms with Crippen LogP contribution >= 0.6 is 0 Å². The molecule has 0 saturated carbocycles. The average Bonchev–Trinajstić information content (AvgIpc) is 2.71. The Morgan fingerprint density at radius 2 is 2.24 bits per heavy atom. The van der Waals surface area contributed by atoms with Crippen LogP contribution in [0.2, 0.25) is 0 Å². The van der Waals surface area contributed by atoms with E-state index in [0.717, 1.165) is 6.08 Å². The summed E-state index contributed by atoms with van der Waals surface area (Å²) < 4.78 is 0. The van der Waals surface area contributed by atoms with Gasteiger partial charge in [0.2, 0.25) is 0 Å². The monoisotopic (exact) mass is 333 g/mol. The summed E-state index contributed by atoms with van der Waals surface area (Å²) in [5, 5.41) is 17.6. The topological polar surface area (TPSA) is 132 Å². The first-order valence-corrected chi connectivity index (χ1v) is 4.26. The summed E-state index contributed by atoms with van der Waals surface area (Å²) in [4.78, 5) is 26.0. The molecular weight excluding hydrogens is 322 g/mol. The molecule has 4 N–H and O–H groups in total. The first-order chi connectivity index (χ1) is 7.47. The fourth-order valence-corrected chi connectivity index (χ4v) is 0.715. The molecule has 1 aromatic heterocycles. The van der Waals surface area contributed by atoms with Crippen molar-refractivity contribution in [1.82, 2.24) is 9.97 Å². The number of carboxylic acid groups (broad SMARTS) is 2. The van der Waals surface area contributed by atoms with Crippen LogP contribution in [-0.2, 0) is 38.4 Å². The zero-order chi connectivity index (χ0) is 12.6. The Hall–Kier alpha value is -1.41. The Balaban J connectivity index is 0. The van der Waals surface area contributed by atoms with Crippen molar-refractivity contribution in [2.45, 2.75) is 12.5 Å². The molecule has 0 aliphatic heterocycles. The minimum absolute atomic E-state index is 0. The van der Waals surface area contributed by atoms with Gasteiger partial charge in [0.05, 0.1) is 18.0 Å². The van der Waals surface area contributed by atoms with E-state index in [1.54, 1.807) is 6.20 Å². The summed E-state index contributed by atoms with van der Waals surface area (Å²) >= 11 is 0. The maximum Gasteiger partial charge on any atom is 1.00 e. The molecule has 1 aromatic rings. The van der Waals surface area contributed by atoms with Crippen molar-refractivity contribution in [2.75, 3.05) is 0 Å². The standard InChI is InChI=1S/C6H9N3O2.C3H4O2.Ag/c7-5(6(10)11)1-4-2-8-3-9-4;1-2-3(4)5;/h2-3,5H,1,7H2,(H,8,9)(H,10,11);2H,1H2,(H,4,5);/q;;+1/p-1. The molecule has 1 heterocycles. The molecule has 0 fully saturated rings. The van der Waals surface area contributed by atoms with Gasteiger partial charge < -0.3 is 25.7 Å². The normalized spacial score (nSPS) is 10.2. The van der Waals surface area contributed by atoms with E-state index in [9.17, 15) is 4.79 Å². The van der Waals surface area contributed by atoms with Crippen LogP contribution < -0.4 is 10.8 Å². The van der Waals surface area contributed by atoms with E-state index in [0.29, 0.717) is 5.69 Å². The summed E-state index contributed by atoms with van der Waals surface area (Å²) in [5.74, 6) is -2.24. The van der Waals surface area contributed by atoms with Gasteiger partial charge in [0.15, 0.2) is 0 Å². The summed E-state index contributed by atoms with van der Waals surface area (Å²) in [6.07, 6.45) is 4.10. The third-order valence-corrected chi connectivity index (χ3v) is 1.47. The number of carbonyl (C=O) groups is 2. The second kappa shape index (κ2) is 9.79. The van der Waals surface area contributed by atoms with Crippen molar-refractivity contribution in [1.29, 1.82) is 0 Å². The number of hydrogen-bond donors (Lipinski definition) is 3. The summed E-state index contributed by atoms with van der Waals surface area (Å²) in [5.41, 5.74) is 5.92. The van der Waals surface area contributed by atoms with Crippen LogP contribution in [0.15, 0.2) is 25.2 Å². The minimum Gasteiger partial charge on any atom is -0.545 e. The molecule has 0 aromatic carbocycles. The van der Waals surface area contributed by atoms with Gasteiger partial charge in [-0.2, -0.15) is 0 Å². The Bertz CT molecular complexity index is 353. The number of nitrogens with one attached hydrogen (secondary N) is 1. The molecule has 0 radical (unpaired) electrons. The number of nitrogens with zero attached hydrogens (tertiary/aromatic N) is 1. The van der Waals surface area contributed by atoms with Gasteiger partial charge in [0.25, 0.3) is 0 Å². The van der Waals surface area contributed by atoms with Gasteiger partial charge in [-0.05, 0) is 6.08 Å². The van der Waals surface area contributed by atoms with Crippen LogP contribution in [0.4, 0.5) is 0 Å². The van der Waals surface area contributed by atoms with Gasteiger partial charge in [-0.1, -0.05) is 6.58 Å². The number of imidazole rings is 1. The molecule has 0 aliphatic carbocycles. The number of rotatable bonds is 4. The Morgan fingerprint density at radius 1 is 1.71 bits per heavy atom. The molecular formula is C9H12AgN3O4. The van der Waals surface area contributed by atoms with E-state index in [1.165, 1.54) is 6.33 Å². The molecule has 0 spiro atoms. The van der Waals surface area contributed by atoms with E-state index < -0.39 is 18.0 Å². The maximum atomic E-state index is 10.3. The third kappa shape index (κ3) is 9.52. The average molecular weight is 334 g/mol. The number of nitrogens with two attached hydrogens (primary N) is 1. The molecule has 8 heteroatoms. The second-order valence-corrected chi connectivity index (χ2v) is 2.73. The quantitative estimate of drug-likeness (QED) is 0.443. The van der Waals surface area contributed by atoms with Crippen molar-refractivity contribution < 1.29 is 42.2 Å². The van der Waals surface area contributed by atoms with Crippen LogP contribution in [0.25, 0.3) is 0 Å². The van der Waals surface area contributed by atoms with Gasteiger partial charge in [0.1, 0.15) is 6.04 Å². The number of aromatic nitrogens is 2. The molecule has 1 atom stereocenters. The maximum absolute atomic E-state index is 10.3. The van der Waals surface area contributed by atoms with E-state index >= 15 is 0 Å². The van der Waals surface area contributed by atoms with Crippen LogP contribution in [0.3, 0.4) is 0 Å². The number of carbonyl (C=O) groups excluding carboxylic acids is 1. The first-order valence-electron chi connectivity index (χ1n) is 4.26. The Labute approximate surface area is 113 Å². The molecule has 98 valence electrons. The van der Waals surface area contributed by atoms with Crippen LogP contribution in [-0.4, -0.2) is 33.1 Å². The summed E-state index contributed by atoms with van der Waals surface area (Å²) in [6.45, 7) is 2.90. The fourth-order valence-electron chi connectivity index (χ4n) is 0.715. The van der Waals surface area contributed by atoms with E-state index in [2.05, 4.69) is 16.5 Å². The van der Waals surface area contributed by atoms with Crippen LogP contribution in [0.1, 0.15) is 5.69 Å². The molecule has 0 saturated heterocycles. The van der Waals surface area contributed by atoms with Crippen molar-refractivity contribution in [3.8, 4) is 0 Å². The number of hydrogen-bond acceptors (Lipinski definition) is 5. The molecule has 1 unspecified atom stereocenters. The minimum atomic E-state index is -1.23. The summed E-state index contributed by atoms with van der Waals surface area (Å²) in [6, 6.07) is -0.863. The predicted molar refractivity (Wildman–Crippen MR) is 53.1 cm³/mol. The molecule has 17 heavy (non-hydrogen) atoms. The molecule has 0 bridgehead atoms. The van der Waals surface area contributed by atoms with E-state index in [-0.39, 0.29) is 28.8 Å². The Kier molecular flexibility index (Phi) is 10.3. The van der Waals surface area contributed by atoms with Crippen molar-refractivity contribution in [3.63, 3.8) is 0 Å². The van der Waals surface area contributed by atoms with Gasteiger partial charge in [-0.3, -0.25) is 4.79 Å². The van der Waals surface area contributed by atoms with Gasteiger partial charge >= 0.3 is 28.3 Å². The van der Waals surface area contributed by atoms with Gasteiger partial charge in [0, 0.05) is 12.6 Å². The number of carboxylic acids is 2. The van der Waals surface area contributed by atoms with Crippen LogP contribution in [0.5, 0.6) is 0 Å². The van der Waals surface area contributed by atoms with Crippen molar-refractivity contribution in [3.05, 3.63) is 30.9 Å². The number of aliphatic carboxylic acids is 2. The second-order valence-electron chi connectivity index (χ2n) is 2.73. The number of aromatic amines is 1. The third-order valence-electron chi connectivity index (χ3n) is 1.47. The van der Waals surface area contributed by atoms with Crippen molar-refractivity contribution in [2.24, 2.45) is 5.73 Å². The van der Waals surface area contributed by atoms with Crippen LogP contribution in [0, 0.1) is 0 Å². The van der Waals surface area contributed by atoms with Gasteiger partial charge in [-0.25, -0.2) is 4.98 Å². The smallest absolute Gasteiger partial charge is 0.545 e. The Morgan fingerprint density at radius 3 is 2.53 bits per heavy atom. The summed E-state index contributed by atoms with van der Waals surface area (Å²) in [7, 11) is 0. The molecule has 1 rings (SSSR count). The van der Waals surface area contributed by atoms with E-state index in [4.69, 9.17) is 20.7 Å². The van der Waals surface area contributed by atoms with Gasteiger partial charge in [-0.15, -0.1) is 0 Å². The first kappa shape index (κ1) is 18.0. The fraction of sp³-hybridized carbons (Fsp3) is 0.222. The molecule has 0 amide bonds. The van der Waals surface area contributed by atoms with E-state index in [1.807, 2.05) is 0 Å². The largest absolute Gasteiger partial charge is 1.00 e. The predicted octanol–water partition coefficient (Wildman–Crippen LogP) is -1.72. The zero-order valence-electron chi connectivity index (χ0n) is 8.72. The zero-order valence-corrected chi connectivity index (χ0v) is 10.2. The molecule has 7 nitrogen and oxygen atoms in total.